The zero-order valence-electron chi connectivity index (χ0n) is 10.3. The van der Waals surface area contributed by atoms with Crippen LogP contribution in [0.1, 0.15) is 52.9 Å². The van der Waals surface area contributed by atoms with E-state index in [9.17, 15) is 4.79 Å². The van der Waals surface area contributed by atoms with E-state index >= 15 is 0 Å². The molecule has 0 radical (unpaired) electrons. The number of ether oxygens (including phenoxy) is 1. The summed E-state index contributed by atoms with van der Waals surface area (Å²) in [5, 5.41) is 0. The van der Waals surface area contributed by atoms with Crippen molar-refractivity contribution in [1.82, 2.24) is 0 Å². The molecule has 0 aliphatic heterocycles. The molecule has 2 N–H and O–H groups in total. The van der Waals surface area contributed by atoms with E-state index in [2.05, 4.69) is 13.8 Å². The first-order valence-electron chi connectivity index (χ1n) is 6.07. The third kappa shape index (κ3) is 6.50. The Hall–Kier alpha value is -0.570. The maximum Gasteiger partial charge on any atom is 0.322 e. The highest BCUT2D eigenvalue weighted by atomic mass is 16.5. The maximum absolute atomic E-state index is 11.3. The predicted octanol–water partition coefficient (Wildman–Crippen LogP) is 2.48. The highest BCUT2D eigenvalue weighted by Gasteiger charge is 2.19. The third-order valence-corrected chi connectivity index (χ3v) is 2.57. The Kier molecular flexibility index (Phi) is 8.38. The first kappa shape index (κ1) is 14.4. The summed E-state index contributed by atoms with van der Waals surface area (Å²) in [6.07, 6.45) is 5.38. The number of esters is 1. The van der Waals surface area contributed by atoms with Crippen LogP contribution in [-0.4, -0.2) is 18.6 Å². The standard InChI is InChI=1S/C12H25NO2/c1-4-7-10(8-5-2)9-11(13)12(14)15-6-3/h10-11H,4-9,13H2,1-3H3. The minimum Gasteiger partial charge on any atom is -0.465 e. The van der Waals surface area contributed by atoms with Crippen LogP contribution in [0.3, 0.4) is 0 Å². The van der Waals surface area contributed by atoms with Crippen molar-refractivity contribution in [3.05, 3.63) is 0 Å². The topological polar surface area (TPSA) is 52.3 Å². The second kappa shape index (κ2) is 8.72. The fraction of sp³-hybridized carbons (Fsp3) is 0.917. The molecule has 0 aromatic carbocycles. The van der Waals surface area contributed by atoms with Crippen LogP contribution in [-0.2, 0) is 9.53 Å². The van der Waals surface area contributed by atoms with Crippen molar-refractivity contribution < 1.29 is 9.53 Å². The molecule has 0 saturated heterocycles. The molecule has 0 aromatic heterocycles. The van der Waals surface area contributed by atoms with E-state index in [0.29, 0.717) is 12.5 Å². The van der Waals surface area contributed by atoms with Gasteiger partial charge in [-0.2, -0.15) is 0 Å². The molecule has 0 saturated carbocycles. The molecular weight excluding hydrogens is 190 g/mol. The Morgan fingerprint density at radius 2 is 1.73 bits per heavy atom. The summed E-state index contributed by atoms with van der Waals surface area (Å²) >= 11 is 0. The van der Waals surface area contributed by atoms with Gasteiger partial charge in [0.1, 0.15) is 6.04 Å². The van der Waals surface area contributed by atoms with Gasteiger partial charge in [-0.25, -0.2) is 0 Å². The van der Waals surface area contributed by atoms with Gasteiger partial charge in [0.05, 0.1) is 6.61 Å². The Morgan fingerprint density at radius 3 is 2.13 bits per heavy atom. The van der Waals surface area contributed by atoms with Crippen molar-refractivity contribution in [2.75, 3.05) is 6.61 Å². The first-order chi connectivity index (χ1) is 7.15. The number of nitrogens with two attached hydrogens (primary N) is 1. The van der Waals surface area contributed by atoms with Gasteiger partial charge in [0.15, 0.2) is 0 Å². The van der Waals surface area contributed by atoms with E-state index in [4.69, 9.17) is 10.5 Å². The minimum atomic E-state index is -0.437. The van der Waals surface area contributed by atoms with E-state index in [1.807, 2.05) is 0 Å². The van der Waals surface area contributed by atoms with Crippen LogP contribution in [0.4, 0.5) is 0 Å². The molecular formula is C12H25NO2. The molecule has 0 aromatic rings. The molecule has 3 nitrogen and oxygen atoms in total. The van der Waals surface area contributed by atoms with E-state index in [1.54, 1.807) is 6.92 Å². The summed E-state index contributed by atoms with van der Waals surface area (Å²) in [6, 6.07) is -0.437. The molecule has 0 amide bonds. The summed E-state index contributed by atoms with van der Waals surface area (Å²) in [4.78, 5) is 11.3. The van der Waals surface area contributed by atoms with Crippen molar-refractivity contribution in [2.24, 2.45) is 11.7 Å². The predicted molar refractivity (Wildman–Crippen MR) is 62.5 cm³/mol. The zero-order chi connectivity index (χ0) is 11.7. The molecule has 0 spiro atoms. The van der Waals surface area contributed by atoms with Crippen LogP contribution < -0.4 is 5.73 Å². The number of carbonyl (C=O) groups is 1. The molecule has 0 heterocycles. The van der Waals surface area contributed by atoms with Crippen LogP contribution in [0.2, 0.25) is 0 Å². The van der Waals surface area contributed by atoms with E-state index in [0.717, 1.165) is 32.1 Å². The molecule has 1 unspecified atom stereocenters. The van der Waals surface area contributed by atoms with Gasteiger partial charge in [-0.1, -0.05) is 39.5 Å². The number of carbonyl (C=O) groups excluding carboxylic acids is 1. The Bertz CT molecular complexity index is 165. The molecule has 15 heavy (non-hydrogen) atoms. The highest BCUT2D eigenvalue weighted by Crippen LogP contribution is 2.19. The lowest BCUT2D eigenvalue weighted by atomic mass is 9.91. The fourth-order valence-electron chi connectivity index (χ4n) is 1.90. The van der Waals surface area contributed by atoms with Gasteiger partial charge in [-0.05, 0) is 19.3 Å². The minimum absolute atomic E-state index is 0.255. The number of hydrogen-bond acceptors (Lipinski definition) is 3. The van der Waals surface area contributed by atoms with Crippen LogP contribution in [0.25, 0.3) is 0 Å². The second-order valence-electron chi connectivity index (χ2n) is 4.04. The third-order valence-electron chi connectivity index (χ3n) is 2.57. The monoisotopic (exact) mass is 215 g/mol. The van der Waals surface area contributed by atoms with Crippen LogP contribution >= 0.6 is 0 Å². The van der Waals surface area contributed by atoms with Gasteiger partial charge < -0.3 is 10.5 Å². The van der Waals surface area contributed by atoms with E-state index < -0.39 is 6.04 Å². The lowest BCUT2D eigenvalue weighted by Gasteiger charge is -2.18. The van der Waals surface area contributed by atoms with Gasteiger partial charge in [0.2, 0.25) is 0 Å². The molecule has 3 heteroatoms. The van der Waals surface area contributed by atoms with Gasteiger partial charge in [0, 0.05) is 0 Å². The maximum atomic E-state index is 11.3. The van der Waals surface area contributed by atoms with Crippen molar-refractivity contribution >= 4 is 5.97 Å². The summed E-state index contributed by atoms with van der Waals surface area (Å²) in [5.74, 6) is 0.314. The molecule has 0 aliphatic rings. The smallest absolute Gasteiger partial charge is 0.322 e. The largest absolute Gasteiger partial charge is 0.465 e. The van der Waals surface area contributed by atoms with Gasteiger partial charge >= 0.3 is 5.97 Å². The highest BCUT2D eigenvalue weighted by molar-refractivity contribution is 5.75. The molecule has 1 atom stereocenters. The van der Waals surface area contributed by atoms with E-state index in [1.165, 1.54) is 0 Å². The van der Waals surface area contributed by atoms with Crippen LogP contribution in [0.15, 0.2) is 0 Å². The lowest BCUT2D eigenvalue weighted by Crippen LogP contribution is -2.34. The molecule has 0 aliphatic carbocycles. The molecule has 0 bridgehead atoms. The average molecular weight is 215 g/mol. The van der Waals surface area contributed by atoms with Crippen molar-refractivity contribution in [3.63, 3.8) is 0 Å². The molecule has 0 fully saturated rings. The summed E-state index contributed by atoms with van der Waals surface area (Å²) in [5.41, 5.74) is 5.79. The SMILES string of the molecule is CCCC(CCC)CC(N)C(=O)OCC. The summed E-state index contributed by atoms with van der Waals surface area (Å²) < 4.78 is 4.90. The number of rotatable bonds is 8. The molecule has 90 valence electrons. The van der Waals surface area contributed by atoms with E-state index in [-0.39, 0.29) is 5.97 Å². The Morgan fingerprint density at radius 1 is 1.20 bits per heavy atom. The quantitative estimate of drug-likeness (QED) is 0.633. The normalized spacial score (nSPS) is 12.9. The van der Waals surface area contributed by atoms with Gasteiger partial charge in [0.25, 0.3) is 0 Å². The average Bonchev–Trinajstić information content (AvgIpc) is 2.18. The Labute approximate surface area is 93.4 Å². The van der Waals surface area contributed by atoms with Crippen molar-refractivity contribution in [3.8, 4) is 0 Å². The van der Waals surface area contributed by atoms with Crippen molar-refractivity contribution in [1.29, 1.82) is 0 Å². The Balaban J connectivity index is 3.96. The fourth-order valence-corrected chi connectivity index (χ4v) is 1.90. The lowest BCUT2D eigenvalue weighted by molar-refractivity contribution is -0.145. The van der Waals surface area contributed by atoms with Crippen molar-refractivity contribution in [2.45, 2.75) is 58.9 Å². The molecule has 0 rings (SSSR count). The summed E-state index contributed by atoms with van der Waals surface area (Å²) in [6.45, 7) is 6.55. The van der Waals surface area contributed by atoms with Crippen LogP contribution in [0.5, 0.6) is 0 Å². The zero-order valence-corrected chi connectivity index (χ0v) is 10.3. The van der Waals surface area contributed by atoms with Crippen LogP contribution in [0, 0.1) is 5.92 Å². The second-order valence-corrected chi connectivity index (χ2v) is 4.04. The first-order valence-corrected chi connectivity index (χ1v) is 6.07. The van der Waals surface area contributed by atoms with Gasteiger partial charge in [-0.3, -0.25) is 4.79 Å². The summed E-state index contributed by atoms with van der Waals surface area (Å²) in [7, 11) is 0. The van der Waals surface area contributed by atoms with Gasteiger partial charge in [-0.15, -0.1) is 0 Å². The number of hydrogen-bond donors (Lipinski definition) is 1.